The molecule has 1 amide bonds. The lowest BCUT2D eigenvalue weighted by atomic mass is 10.2. The average Bonchev–Trinajstić information content (AvgIpc) is 2.52. The summed E-state index contributed by atoms with van der Waals surface area (Å²) in [5, 5.41) is 10.2. The van der Waals surface area contributed by atoms with Crippen molar-refractivity contribution < 1.29 is 19.4 Å². The van der Waals surface area contributed by atoms with Gasteiger partial charge in [-0.1, -0.05) is 12.1 Å². The van der Waals surface area contributed by atoms with Crippen LogP contribution in [0.15, 0.2) is 24.3 Å². The van der Waals surface area contributed by atoms with Gasteiger partial charge in [-0.15, -0.1) is 0 Å². The smallest absolute Gasteiger partial charge is 0.231 e. The van der Waals surface area contributed by atoms with Crippen molar-refractivity contribution >= 4 is 5.91 Å². The van der Waals surface area contributed by atoms with Gasteiger partial charge < -0.3 is 20.3 Å². The normalized spacial score (nSPS) is 22.3. The summed E-state index contributed by atoms with van der Waals surface area (Å²) in [6.45, 7) is 7.45. The summed E-state index contributed by atoms with van der Waals surface area (Å²) in [7, 11) is 1.85. The van der Waals surface area contributed by atoms with Crippen LogP contribution in [0.5, 0.6) is 5.75 Å². The number of β-amino-alcohol motifs (C(OH)–C–C–N with tert-alkyl or cyclic N) is 1. The van der Waals surface area contributed by atoms with Crippen molar-refractivity contribution in [1.29, 1.82) is 0 Å². The highest BCUT2D eigenvalue weighted by atomic mass is 16.5. The van der Waals surface area contributed by atoms with Crippen LogP contribution in [0.2, 0.25) is 0 Å². The van der Waals surface area contributed by atoms with E-state index in [4.69, 9.17) is 15.2 Å². The zero-order valence-electron chi connectivity index (χ0n) is 15.9. The molecule has 1 unspecified atom stereocenters. The Morgan fingerprint density at radius 3 is 2.54 bits per heavy atom. The van der Waals surface area contributed by atoms with Crippen molar-refractivity contribution in [3.05, 3.63) is 29.8 Å². The highest BCUT2D eigenvalue weighted by molar-refractivity contribution is 5.75. The Morgan fingerprint density at radius 1 is 1.35 bits per heavy atom. The summed E-state index contributed by atoms with van der Waals surface area (Å²) in [5.41, 5.74) is 6.25. The molecule has 146 valence electrons. The monoisotopic (exact) mass is 365 g/mol. The summed E-state index contributed by atoms with van der Waals surface area (Å²) in [4.78, 5) is 15.0. The van der Waals surface area contributed by atoms with E-state index in [1.54, 1.807) is 0 Å². The lowest BCUT2D eigenvalue weighted by Gasteiger charge is -2.36. The number of carbonyl (C=O) groups excluding carboxylic acids is 1. The second kappa shape index (κ2) is 9.87. The molecule has 7 heteroatoms. The summed E-state index contributed by atoms with van der Waals surface area (Å²) < 4.78 is 11.4. The van der Waals surface area contributed by atoms with Crippen LogP contribution in [-0.2, 0) is 16.1 Å². The number of nitrogens with two attached hydrogens (primary N) is 1. The zero-order chi connectivity index (χ0) is 19.1. The van der Waals surface area contributed by atoms with Crippen molar-refractivity contribution in [1.82, 2.24) is 9.80 Å². The van der Waals surface area contributed by atoms with Crippen LogP contribution in [-0.4, -0.2) is 79.0 Å². The van der Waals surface area contributed by atoms with Crippen molar-refractivity contribution in [2.75, 3.05) is 39.8 Å². The quantitative estimate of drug-likeness (QED) is 0.661. The molecule has 2 rings (SSSR count). The molecule has 1 saturated heterocycles. The first kappa shape index (κ1) is 20.6. The Hall–Kier alpha value is -1.67. The number of hydrogen-bond acceptors (Lipinski definition) is 6. The van der Waals surface area contributed by atoms with Gasteiger partial charge in [-0.05, 0) is 38.6 Å². The van der Waals surface area contributed by atoms with E-state index in [-0.39, 0.29) is 31.3 Å². The molecule has 7 nitrogen and oxygen atoms in total. The topological polar surface area (TPSA) is 88.3 Å². The van der Waals surface area contributed by atoms with Gasteiger partial charge in [0.2, 0.25) is 5.91 Å². The third-order valence-corrected chi connectivity index (χ3v) is 4.21. The number of carbonyl (C=O) groups is 1. The first-order chi connectivity index (χ1) is 12.3. The molecular formula is C19H31N3O4. The number of primary amides is 1. The molecule has 1 aromatic rings. The molecule has 0 saturated carbocycles. The van der Waals surface area contributed by atoms with Crippen molar-refractivity contribution in [3.63, 3.8) is 0 Å². The van der Waals surface area contributed by atoms with Gasteiger partial charge in [-0.3, -0.25) is 14.6 Å². The van der Waals surface area contributed by atoms with E-state index in [1.807, 2.05) is 50.1 Å². The van der Waals surface area contributed by atoms with Gasteiger partial charge in [0.15, 0.2) is 0 Å². The van der Waals surface area contributed by atoms with Crippen LogP contribution >= 0.6 is 0 Å². The number of ether oxygens (including phenoxy) is 2. The maximum atomic E-state index is 10.9. The molecule has 1 aliphatic heterocycles. The Balaban J connectivity index is 1.74. The van der Waals surface area contributed by atoms with Crippen molar-refractivity contribution in [3.8, 4) is 5.75 Å². The number of morpholine rings is 1. The SMILES string of the molecule is C[C@@H]1CN(CC(O)COc2ccc(CN(C)CC(N)=O)cc2)C[C@H](C)O1. The fourth-order valence-corrected chi connectivity index (χ4v) is 3.30. The number of benzene rings is 1. The largest absolute Gasteiger partial charge is 0.491 e. The number of likely N-dealkylation sites (N-methyl/N-ethyl adjacent to an activating group) is 1. The van der Waals surface area contributed by atoms with Gasteiger partial charge in [0.1, 0.15) is 18.5 Å². The predicted molar refractivity (Wildman–Crippen MR) is 99.9 cm³/mol. The Labute approximate surface area is 155 Å². The van der Waals surface area contributed by atoms with E-state index in [9.17, 15) is 9.90 Å². The molecule has 1 aliphatic rings. The minimum absolute atomic E-state index is 0.187. The van der Waals surface area contributed by atoms with Crippen molar-refractivity contribution in [2.45, 2.75) is 38.7 Å². The summed E-state index contributed by atoms with van der Waals surface area (Å²) in [6.07, 6.45) is -0.173. The molecule has 0 aromatic heterocycles. The number of aliphatic hydroxyl groups is 1. The van der Waals surface area contributed by atoms with E-state index in [0.717, 1.165) is 18.7 Å². The van der Waals surface area contributed by atoms with Crippen LogP contribution < -0.4 is 10.5 Å². The van der Waals surface area contributed by atoms with Gasteiger partial charge >= 0.3 is 0 Å². The first-order valence-electron chi connectivity index (χ1n) is 9.06. The molecule has 1 heterocycles. The molecule has 3 atom stereocenters. The van der Waals surface area contributed by atoms with E-state index in [2.05, 4.69) is 4.90 Å². The van der Waals surface area contributed by atoms with E-state index in [1.165, 1.54) is 0 Å². The van der Waals surface area contributed by atoms with Gasteiger partial charge in [-0.2, -0.15) is 0 Å². The van der Waals surface area contributed by atoms with Crippen LogP contribution in [0.1, 0.15) is 19.4 Å². The molecule has 1 aromatic carbocycles. The van der Waals surface area contributed by atoms with Crippen LogP contribution in [0.3, 0.4) is 0 Å². The van der Waals surface area contributed by atoms with Crippen molar-refractivity contribution in [2.24, 2.45) is 5.73 Å². The second-order valence-corrected chi connectivity index (χ2v) is 7.22. The Bertz CT molecular complexity index is 556. The fourth-order valence-electron chi connectivity index (χ4n) is 3.30. The highest BCUT2D eigenvalue weighted by Crippen LogP contribution is 2.15. The van der Waals surface area contributed by atoms with E-state index in [0.29, 0.717) is 18.8 Å². The van der Waals surface area contributed by atoms with Gasteiger partial charge in [-0.25, -0.2) is 0 Å². The number of amides is 1. The molecule has 0 bridgehead atoms. The zero-order valence-corrected chi connectivity index (χ0v) is 15.9. The van der Waals surface area contributed by atoms with Gasteiger partial charge in [0.05, 0.1) is 18.8 Å². The molecular weight excluding hydrogens is 334 g/mol. The molecule has 0 aliphatic carbocycles. The third kappa shape index (κ3) is 7.29. The highest BCUT2D eigenvalue weighted by Gasteiger charge is 2.23. The maximum absolute atomic E-state index is 10.9. The number of rotatable bonds is 9. The number of hydrogen-bond donors (Lipinski definition) is 2. The fraction of sp³-hybridized carbons (Fsp3) is 0.632. The summed E-state index contributed by atoms with van der Waals surface area (Å²) in [6, 6.07) is 7.65. The van der Waals surface area contributed by atoms with Crippen LogP contribution in [0, 0.1) is 0 Å². The Morgan fingerprint density at radius 2 is 1.96 bits per heavy atom. The summed E-state index contributed by atoms with van der Waals surface area (Å²) in [5.74, 6) is 0.375. The third-order valence-electron chi connectivity index (χ3n) is 4.21. The summed E-state index contributed by atoms with van der Waals surface area (Å²) >= 11 is 0. The standard InChI is InChI=1S/C19H31N3O4/c1-14-8-22(9-15(2)26-14)11-17(23)13-25-18-6-4-16(5-7-18)10-21(3)12-19(20)24/h4-7,14-15,17,23H,8-13H2,1-3H3,(H2,20,24)/t14-,15+,17?. The minimum Gasteiger partial charge on any atom is -0.491 e. The molecule has 3 N–H and O–H groups in total. The minimum atomic E-state index is -0.547. The molecule has 1 fully saturated rings. The first-order valence-corrected chi connectivity index (χ1v) is 9.06. The van der Waals surface area contributed by atoms with Gasteiger partial charge in [0, 0.05) is 26.2 Å². The van der Waals surface area contributed by atoms with Crippen LogP contribution in [0.4, 0.5) is 0 Å². The molecule has 0 spiro atoms. The van der Waals surface area contributed by atoms with E-state index >= 15 is 0 Å². The lowest BCUT2D eigenvalue weighted by Crippen LogP contribution is -2.48. The van der Waals surface area contributed by atoms with E-state index < -0.39 is 6.10 Å². The maximum Gasteiger partial charge on any atom is 0.231 e. The predicted octanol–water partition coefficient (Wildman–Crippen LogP) is 0.453. The Kier molecular flexibility index (Phi) is 7.84. The molecule has 26 heavy (non-hydrogen) atoms. The number of nitrogens with zero attached hydrogens (tertiary/aromatic N) is 2. The average molecular weight is 365 g/mol. The molecule has 0 radical (unpaired) electrons. The number of aliphatic hydroxyl groups excluding tert-OH is 1. The van der Waals surface area contributed by atoms with Gasteiger partial charge in [0.25, 0.3) is 0 Å². The van der Waals surface area contributed by atoms with Crippen LogP contribution in [0.25, 0.3) is 0 Å². The lowest BCUT2D eigenvalue weighted by molar-refractivity contribution is -0.118. The second-order valence-electron chi connectivity index (χ2n) is 7.22.